The molecule has 0 aliphatic rings. The molecule has 1 unspecified atom stereocenters. The number of hydrogen-bond donors (Lipinski definition) is 2. The number of hydrazone groups is 1. The van der Waals surface area contributed by atoms with Crippen molar-refractivity contribution in [3.8, 4) is 0 Å². The molecule has 0 amide bonds. The molecule has 1 atom stereocenters. The minimum absolute atomic E-state index is 0.526. The quantitative estimate of drug-likeness (QED) is 0.267. The van der Waals surface area contributed by atoms with E-state index in [1.54, 1.807) is 7.05 Å². The highest BCUT2D eigenvalue weighted by molar-refractivity contribution is 5.76. The van der Waals surface area contributed by atoms with Gasteiger partial charge in [-0.25, -0.2) is 4.79 Å². The number of hydrogen-bond acceptors (Lipinski definition) is 3. The van der Waals surface area contributed by atoms with Crippen molar-refractivity contribution in [2.75, 3.05) is 7.05 Å². The number of nitrogens with zero attached hydrogens (tertiary/aromatic N) is 2. The molecule has 3 N–H and O–H groups in total. The Morgan fingerprint density at radius 3 is 2.75 bits per heavy atom. The van der Waals surface area contributed by atoms with Crippen LogP contribution in [0.25, 0.3) is 0 Å². The molecule has 0 aliphatic heterocycles. The van der Waals surface area contributed by atoms with Gasteiger partial charge in [-0.05, 0) is 6.42 Å². The van der Waals surface area contributed by atoms with Crippen molar-refractivity contribution >= 4 is 12.3 Å². The van der Waals surface area contributed by atoms with Crippen molar-refractivity contribution in [2.45, 2.75) is 25.8 Å². The van der Waals surface area contributed by atoms with Crippen molar-refractivity contribution in [3.63, 3.8) is 0 Å². The Kier molecular flexibility index (Phi) is 4.83. The lowest BCUT2D eigenvalue weighted by Crippen LogP contribution is -2.37. The van der Waals surface area contributed by atoms with Crippen LogP contribution in [0.3, 0.4) is 0 Å². The first-order chi connectivity index (χ1) is 5.63. The molecule has 0 radical (unpaired) electrons. The molecule has 0 rings (SSSR count). The Morgan fingerprint density at radius 1 is 1.83 bits per heavy atom. The van der Waals surface area contributed by atoms with Gasteiger partial charge in [0.25, 0.3) is 0 Å². The summed E-state index contributed by atoms with van der Waals surface area (Å²) in [7, 11) is 1.64. The maximum atomic E-state index is 10.7. The molecule has 0 aliphatic carbocycles. The first-order valence-electron chi connectivity index (χ1n) is 3.81. The Hall–Kier alpha value is -1.26. The van der Waals surface area contributed by atoms with Crippen molar-refractivity contribution in [1.29, 1.82) is 0 Å². The Bertz CT molecular complexity index is 170. The third kappa shape index (κ3) is 3.23. The lowest BCUT2D eigenvalue weighted by molar-refractivity contribution is -0.141. The molecule has 5 heteroatoms. The number of aliphatic carboxylic acids is 1. The van der Waals surface area contributed by atoms with E-state index in [0.29, 0.717) is 6.42 Å². The summed E-state index contributed by atoms with van der Waals surface area (Å²) < 4.78 is 0. The predicted molar refractivity (Wildman–Crippen MR) is 46.8 cm³/mol. The summed E-state index contributed by atoms with van der Waals surface area (Å²) in [5.41, 5.74) is 0. The third-order valence-electron chi connectivity index (χ3n) is 1.59. The average molecular weight is 173 g/mol. The molecule has 0 aromatic heterocycles. The Morgan fingerprint density at radius 2 is 2.42 bits per heavy atom. The van der Waals surface area contributed by atoms with Gasteiger partial charge in [-0.3, -0.25) is 0 Å². The maximum Gasteiger partial charge on any atom is 0.326 e. The van der Waals surface area contributed by atoms with Crippen LogP contribution in [0.4, 0.5) is 0 Å². The zero-order chi connectivity index (χ0) is 9.56. The largest absolute Gasteiger partial charge is 0.480 e. The summed E-state index contributed by atoms with van der Waals surface area (Å²) in [5.74, 6) is 4.05. The number of carboxylic acid groups (broad SMARTS) is 1. The van der Waals surface area contributed by atoms with E-state index in [9.17, 15) is 4.79 Å². The minimum Gasteiger partial charge on any atom is -0.480 e. The topological polar surface area (TPSA) is 78.9 Å². The summed E-state index contributed by atoms with van der Waals surface area (Å²) in [4.78, 5) is 12.2. The van der Waals surface area contributed by atoms with E-state index in [-0.39, 0.29) is 0 Å². The van der Waals surface area contributed by atoms with E-state index in [1.807, 2.05) is 6.92 Å². The summed E-state index contributed by atoms with van der Waals surface area (Å²) in [6, 6.07) is -0.526. The lowest BCUT2D eigenvalue weighted by Gasteiger charge is -2.20. The Labute approximate surface area is 71.8 Å². The molecule has 0 saturated carbocycles. The van der Waals surface area contributed by atoms with Gasteiger partial charge in [0, 0.05) is 7.05 Å². The van der Waals surface area contributed by atoms with Gasteiger partial charge in [0.1, 0.15) is 12.4 Å². The molecular weight excluding hydrogens is 158 g/mol. The highest BCUT2D eigenvalue weighted by atomic mass is 16.4. The van der Waals surface area contributed by atoms with Crippen molar-refractivity contribution in [1.82, 2.24) is 4.90 Å². The van der Waals surface area contributed by atoms with Crippen LogP contribution in [0, 0.1) is 0 Å². The van der Waals surface area contributed by atoms with E-state index in [0.717, 1.165) is 6.42 Å². The molecule has 0 aromatic rings. The number of carboxylic acids is 1. The van der Waals surface area contributed by atoms with Gasteiger partial charge in [0.15, 0.2) is 0 Å². The molecule has 0 saturated heterocycles. The van der Waals surface area contributed by atoms with Gasteiger partial charge in [-0.1, -0.05) is 13.3 Å². The molecule has 70 valence electrons. The van der Waals surface area contributed by atoms with Crippen LogP contribution in [0.5, 0.6) is 0 Å². The van der Waals surface area contributed by atoms with Gasteiger partial charge in [-0.15, -0.1) is 0 Å². The smallest absolute Gasteiger partial charge is 0.326 e. The number of nitrogens with two attached hydrogens (primary N) is 1. The average Bonchev–Trinajstić information content (AvgIpc) is 1.99. The SMILES string of the molecule is CCCC(C(=O)O)N(C)C=NN. The van der Waals surface area contributed by atoms with E-state index in [1.165, 1.54) is 11.2 Å². The van der Waals surface area contributed by atoms with Crippen molar-refractivity contribution in [3.05, 3.63) is 0 Å². The fourth-order valence-electron chi connectivity index (χ4n) is 0.960. The molecule has 0 spiro atoms. The van der Waals surface area contributed by atoms with Crippen LogP contribution in [0.2, 0.25) is 0 Å². The third-order valence-corrected chi connectivity index (χ3v) is 1.59. The van der Waals surface area contributed by atoms with Crippen LogP contribution < -0.4 is 5.84 Å². The molecule has 0 aromatic carbocycles. The molecule has 0 bridgehead atoms. The van der Waals surface area contributed by atoms with Gasteiger partial charge in [0.2, 0.25) is 0 Å². The van der Waals surface area contributed by atoms with Crippen LogP contribution in [0.1, 0.15) is 19.8 Å². The second-order valence-corrected chi connectivity index (χ2v) is 2.57. The first kappa shape index (κ1) is 10.7. The van der Waals surface area contributed by atoms with Crippen LogP contribution in [-0.4, -0.2) is 35.4 Å². The van der Waals surface area contributed by atoms with Crippen LogP contribution in [0.15, 0.2) is 5.10 Å². The van der Waals surface area contributed by atoms with E-state index in [2.05, 4.69) is 5.10 Å². The maximum absolute atomic E-state index is 10.7. The Balaban J connectivity index is 4.18. The number of rotatable bonds is 5. The standard InChI is InChI=1S/C7H15N3O2/c1-3-4-6(7(11)12)10(2)5-9-8/h5-6H,3-4,8H2,1-2H3,(H,11,12). The molecule has 5 nitrogen and oxygen atoms in total. The molecule has 12 heavy (non-hydrogen) atoms. The summed E-state index contributed by atoms with van der Waals surface area (Å²) in [6.07, 6.45) is 2.73. The first-order valence-corrected chi connectivity index (χ1v) is 3.81. The second-order valence-electron chi connectivity index (χ2n) is 2.57. The van der Waals surface area contributed by atoms with Crippen molar-refractivity contribution in [2.24, 2.45) is 10.9 Å². The normalized spacial score (nSPS) is 13.2. The fraction of sp³-hybridized carbons (Fsp3) is 0.714. The van der Waals surface area contributed by atoms with Gasteiger partial charge in [-0.2, -0.15) is 5.10 Å². The van der Waals surface area contributed by atoms with E-state index < -0.39 is 12.0 Å². The summed E-state index contributed by atoms with van der Waals surface area (Å²) in [5, 5.41) is 12.0. The van der Waals surface area contributed by atoms with E-state index >= 15 is 0 Å². The molecular formula is C7H15N3O2. The van der Waals surface area contributed by atoms with Crippen molar-refractivity contribution < 1.29 is 9.90 Å². The minimum atomic E-state index is -0.848. The zero-order valence-electron chi connectivity index (χ0n) is 7.40. The fourth-order valence-corrected chi connectivity index (χ4v) is 0.960. The number of carbonyl (C=O) groups is 1. The lowest BCUT2D eigenvalue weighted by atomic mass is 10.1. The monoisotopic (exact) mass is 173 g/mol. The van der Waals surface area contributed by atoms with Gasteiger partial charge >= 0.3 is 5.97 Å². The summed E-state index contributed by atoms with van der Waals surface area (Å²) in [6.45, 7) is 1.93. The molecule has 0 fully saturated rings. The van der Waals surface area contributed by atoms with Crippen LogP contribution in [-0.2, 0) is 4.79 Å². The highest BCUT2D eigenvalue weighted by Gasteiger charge is 2.19. The summed E-state index contributed by atoms with van der Waals surface area (Å²) >= 11 is 0. The van der Waals surface area contributed by atoms with Crippen LogP contribution >= 0.6 is 0 Å². The van der Waals surface area contributed by atoms with Gasteiger partial charge in [0.05, 0.1) is 0 Å². The molecule has 0 heterocycles. The second kappa shape index (κ2) is 5.40. The predicted octanol–water partition coefficient (Wildman–Crippen LogP) is 0.0735. The number of likely N-dealkylation sites (N-methyl/N-ethyl adjacent to an activating group) is 1. The highest BCUT2D eigenvalue weighted by Crippen LogP contribution is 2.02. The zero-order valence-corrected chi connectivity index (χ0v) is 7.40. The van der Waals surface area contributed by atoms with E-state index in [4.69, 9.17) is 10.9 Å². The van der Waals surface area contributed by atoms with Gasteiger partial charge < -0.3 is 15.8 Å².